The topological polar surface area (TPSA) is 64.0 Å². The van der Waals surface area contributed by atoms with Gasteiger partial charge in [-0.25, -0.2) is 0 Å². The molecule has 0 radical (unpaired) electrons. The van der Waals surface area contributed by atoms with Gasteiger partial charge in [0.25, 0.3) is 10.0 Å². The number of aromatic nitrogens is 2. The molecular weight excluding hydrogens is 430 g/mol. The summed E-state index contributed by atoms with van der Waals surface area (Å²) >= 11 is 0. The molecule has 1 N–H and O–H groups in total. The van der Waals surface area contributed by atoms with Crippen molar-refractivity contribution in [1.82, 2.24) is 9.19 Å². The van der Waals surface area contributed by atoms with Crippen LogP contribution in [0, 0.1) is 6.92 Å². The van der Waals surface area contributed by atoms with Crippen molar-refractivity contribution in [3.8, 4) is 0 Å². The highest BCUT2D eigenvalue weighted by Crippen LogP contribution is 2.39. The zero-order valence-electron chi connectivity index (χ0n) is 18.6. The molecule has 0 bridgehead atoms. The van der Waals surface area contributed by atoms with Crippen molar-refractivity contribution < 1.29 is 8.42 Å². The maximum Gasteiger partial charge on any atom is 0.283 e. The average molecular weight is 456 g/mol. The van der Waals surface area contributed by atoms with Gasteiger partial charge in [-0.05, 0) is 36.8 Å². The second kappa shape index (κ2) is 8.05. The molecule has 6 heteroatoms. The summed E-state index contributed by atoms with van der Waals surface area (Å²) in [4.78, 5) is 0.223. The summed E-state index contributed by atoms with van der Waals surface area (Å²) in [6.45, 7) is 4.06. The molecule has 0 spiro atoms. The highest BCUT2D eigenvalue weighted by atomic mass is 32.2. The van der Waals surface area contributed by atoms with E-state index in [1.54, 1.807) is 24.3 Å². The largest absolute Gasteiger partial charge is 0.338 e. The van der Waals surface area contributed by atoms with E-state index in [0.29, 0.717) is 17.9 Å². The number of fused-ring (bicyclic) bond motifs is 1. The molecule has 0 saturated heterocycles. The minimum Gasteiger partial charge on any atom is -0.338 e. The Morgan fingerprint density at radius 1 is 0.909 bits per heavy atom. The quantitative estimate of drug-likeness (QED) is 0.419. The van der Waals surface area contributed by atoms with E-state index in [0.717, 1.165) is 22.4 Å². The summed E-state index contributed by atoms with van der Waals surface area (Å²) in [5, 5.41) is 7.89. The number of nitrogens with zero attached hydrogens (tertiary/aromatic N) is 2. The molecule has 1 aliphatic carbocycles. The van der Waals surface area contributed by atoms with Crippen LogP contribution in [0.2, 0.25) is 0 Å². The van der Waals surface area contributed by atoms with Crippen molar-refractivity contribution in [3.05, 3.63) is 113 Å². The Morgan fingerprint density at radius 2 is 1.55 bits per heavy atom. The number of aryl methyl sites for hydroxylation is 1. The fourth-order valence-corrected chi connectivity index (χ4v) is 5.56. The lowest BCUT2D eigenvalue weighted by Gasteiger charge is -2.30. The third-order valence-corrected chi connectivity index (χ3v) is 7.78. The number of nitrogens with one attached hydrogen (secondary N) is 1. The lowest BCUT2D eigenvalue weighted by molar-refractivity contribution is 0.551. The maximum atomic E-state index is 13.7. The van der Waals surface area contributed by atoms with E-state index in [9.17, 15) is 8.42 Å². The second-order valence-electron chi connectivity index (χ2n) is 8.65. The lowest BCUT2D eigenvalue weighted by atomic mass is 9.75. The monoisotopic (exact) mass is 455 g/mol. The first-order valence-corrected chi connectivity index (χ1v) is 12.3. The van der Waals surface area contributed by atoms with Crippen LogP contribution in [-0.2, 0) is 21.9 Å². The van der Waals surface area contributed by atoms with Crippen molar-refractivity contribution in [2.75, 3.05) is 5.32 Å². The highest BCUT2D eigenvalue weighted by Gasteiger charge is 2.35. The third-order valence-electron chi connectivity index (χ3n) is 6.16. The molecule has 1 unspecified atom stereocenters. The van der Waals surface area contributed by atoms with Crippen molar-refractivity contribution in [2.45, 2.75) is 30.6 Å². The Balaban J connectivity index is 1.66. The van der Waals surface area contributed by atoms with Gasteiger partial charge in [0.15, 0.2) is 5.82 Å². The summed E-state index contributed by atoms with van der Waals surface area (Å²) in [7, 11) is -3.87. The second-order valence-corrected chi connectivity index (χ2v) is 10.4. The van der Waals surface area contributed by atoms with Gasteiger partial charge in [0.2, 0.25) is 0 Å². The van der Waals surface area contributed by atoms with Crippen molar-refractivity contribution in [3.63, 3.8) is 0 Å². The van der Waals surface area contributed by atoms with Crippen molar-refractivity contribution >= 4 is 27.6 Å². The molecule has 0 amide bonds. The van der Waals surface area contributed by atoms with Crippen LogP contribution in [0.3, 0.4) is 0 Å². The lowest BCUT2D eigenvalue weighted by Crippen LogP contribution is -2.28. The van der Waals surface area contributed by atoms with E-state index in [-0.39, 0.29) is 10.3 Å². The molecule has 1 atom stereocenters. The van der Waals surface area contributed by atoms with Gasteiger partial charge in [0, 0.05) is 23.1 Å². The number of hydrogen-bond donors (Lipinski definition) is 1. The number of rotatable bonds is 5. The SMILES string of the molecule is Cc1ccc(S(=O)(=O)n2nc(Nc3ccccc3)c3c2CC(C)(c2ccccc2)C=C3)cc1. The molecule has 4 aromatic rings. The molecule has 5 rings (SSSR count). The predicted molar refractivity (Wildman–Crippen MR) is 132 cm³/mol. The van der Waals surface area contributed by atoms with Crippen LogP contribution in [0.25, 0.3) is 6.08 Å². The smallest absolute Gasteiger partial charge is 0.283 e. The van der Waals surface area contributed by atoms with E-state index < -0.39 is 10.0 Å². The van der Waals surface area contributed by atoms with Crippen LogP contribution >= 0.6 is 0 Å². The average Bonchev–Trinajstić information content (AvgIpc) is 3.18. The number of hydrogen-bond acceptors (Lipinski definition) is 4. The van der Waals surface area contributed by atoms with Gasteiger partial charge < -0.3 is 5.32 Å². The predicted octanol–water partition coefficient (Wildman–Crippen LogP) is 5.70. The third kappa shape index (κ3) is 3.87. The first kappa shape index (κ1) is 21.2. The van der Waals surface area contributed by atoms with E-state index >= 15 is 0 Å². The number of benzene rings is 3. The molecule has 0 aliphatic heterocycles. The first-order chi connectivity index (χ1) is 15.9. The van der Waals surface area contributed by atoms with E-state index in [1.807, 2.05) is 61.5 Å². The number of allylic oxidation sites excluding steroid dienone is 1. The van der Waals surface area contributed by atoms with Gasteiger partial charge in [0.1, 0.15) is 0 Å². The highest BCUT2D eigenvalue weighted by molar-refractivity contribution is 7.89. The van der Waals surface area contributed by atoms with Crippen LogP contribution in [0.1, 0.15) is 29.3 Å². The summed E-state index contributed by atoms with van der Waals surface area (Å²) in [5.41, 5.74) is 4.10. The zero-order valence-corrected chi connectivity index (χ0v) is 19.4. The van der Waals surface area contributed by atoms with Gasteiger partial charge in [-0.3, -0.25) is 0 Å². The van der Waals surface area contributed by atoms with Gasteiger partial charge in [-0.15, -0.1) is 5.10 Å². The van der Waals surface area contributed by atoms with Gasteiger partial charge >= 0.3 is 0 Å². The fraction of sp³-hybridized carbons (Fsp3) is 0.148. The number of anilines is 2. The summed E-state index contributed by atoms with van der Waals surface area (Å²) in [6, 6.07) is 26.7. The van der Waals surface area contributed by atoms with Crippen LogP contribution < -0.4 is 5.32 Å². The minimum absolute atomic E-state index is 0.223. The van der Waals surface area contributed by atoms with Crippen molar-refractivity contribution in [1.29, 1.82) is 0 Å². The van der Waals surface area contributed by atoms with Crippen LogP contribution in [-0.4, -0.2) is 17.6 Å². The van der Waals surface area contributed by atoms with E-state index in [2.05, 4.69) is 35.5 Å². The van der Waals surface area contributed by atoms with Crippen LogP contribution in [0.4, 0.5) is 11.5 Å². The summed E-state index contributed by atoms with van der Waals surface area (Å²) in [5.74, 6) is 0.526. The first-order valence-electron chi connectivity index (χ1n) is 10.9. The summed E-state index contributed by atoms with van der Waals surface area (Å²) in [6.07, 6.45) is 4.65. The molecule has 166 valence electrons. The van der Waals surface area contributed by atoms with E-state index in [4.69, 9.17) is 0 Å². The van der Waals surface area contributed by atoms with Crippen LogP contribution in [0.15, 0.2) is 95.9 Å². The minimum atomic E-state index is -3.87. The van der Waals surface area contributed by atoms with E-state index in [1.165, 1.54) is 4.09 Å². The molecule has 0 saturated carbocycles. The molecule has 0 fully saturated rings. The van der Waals surface area contributed by atoms with Gasteiger partial charge in [-0.2, -0.15) is 12.5 Å². The summed E-state index contributed by atoms with van der Waals surface area (Å²) < 4.78 is 28.6. The molecule has 1 aromatic heterocycles. The Hall–Kier alpha value is -3.64. The standard InChI is InChI=1S/C27H25N3O2S/c1-20-13-15-23(16-14-20)33(31,32)30-25-19-27(2,21-9-5-3-6-10-21)18-17-24(25)26(29-30)28-22-11-7-4-8-12-22/h3-18H,19H2,1-2H3,(H,28,29). The Morgan fingerprint density at radius 3 is 2.21 bits per heavy atom. The molecular formula is C27H25N3O2S. The fourth-order valence-electron chi connectivity index (χ4n) is 4.23. The Bertz CT molecular complexity index is 1420. The molecule has 1 aliphatic rings. The van der Waals surface area contributed by atoms with Crippen molar-refractivity contribution in [2.24, 2.45) is 0 Å². The maximum absolute atomic E-state index is 13.7. The Kier molecular flexibility index (Phi) is 5.17. The normalized spacial score (nSPS) is 17.5. The van der Waals surface area contributed by atoms with Gasteiger partial charge in [0.05, 0.1) is 10.6 Å². The molecule has 1 heterocycles. The van der Waals surface area contributed by atoms with Crippen LogP contribution in [0.5, 0.6) is 0 Å². The molecule has 33 heavy (non-hydrogen) atoms. The number of para-hydroxylation sites is 1. The Labute approximate surface area is 194 Å². The molecule has 3 aromatic carbocycles. The zero-order chi connectivity index (χ0) is 23.1. The molecule has 5 nitrogen and oxygen atoms in total. The van der Waals surface area contributed by atoms with Gasteiger partial charge in [-0.1, -0.05) is 85.3 Å².